The Bertz CT molecular complexity index is 3440. The van der Waals surface area contributed by atoms with Gasteiger partial charge in [0.1, 0.15) is 29.8 Å². The normalized spacial score (nSPS) is 30.6. The van der Waals surface area contributed by atoms with Crippen molar-refractivity contribution in [3.05, 3.63) is 142 Å². The summed E-state index contributed by atoms with van der Waals surface area (Å²) in [5.41, 5.74) is 7.10. The van der Waals surface area contributed by atoms with Gasteiger partial charge in [-0.2, -0.15) is 0 Å². The molecule has 16 N–H and O–H groups in total. The maximum absolute atomic E-state index is 15.8. The number of nitrogens with zero attached hydrogens (tertiary/aromatic N) is 3. The molecule has 1 aromatic heterocycles. The number of hydrogen-bond acceptors (Lipinski definition) is 17. The number of carbonyl (C=O) groups is 2. The summed E-state index contributed by atoms with van der Waals surface area (Å²) in [6.45, 7) is 1.40. The number of amides is 1. The van der Waals surface area contributed by atoms with Crippen LogP contribution < -0.4 is 20.7 Å². The molecule has 4 aromatic carbocycles. The largest absolute Gasteiger partial charge is 0.508 e. The molecule has 6 aliphatic rings. The van der Waals surface area contributed by atoms with Gasteiger partial charge in [0.2, 0.25) is 5.75 Å². The number of hydrogen-bond donors (Lipinski definition) is 15. The molecule has 0 radical (unpaired) electrons. The molecule has 1 saturated heterocycles. The minimum atomic E-state index is -3.36. The van der Waals surface area contributed by atoms with Gasteiger partial charge >= 0.3 is 11.9 Å². The lowest BCUT2D eigenvalue weighted by atomic mass is 9.45. The number of carboxylic acids is 1. The standard InChI is InChI=1S/C64H76N6O16/c1-33-15-22-41(54-53(33)68-32-69-54)42-26-34(16-23-44(42)74)17-24-48(76)70-43-27-46(85-64(84)59(81)58(80)56(78)47(31-72)86-64)55(77)57(79)49(43)52-51(63-38(11-6-12-39(63)30-71)20-18-36-10-5-14-45(75)50(36)63)37(28-62(52,70)60(82)83)19-21-40(73)13-7-25-66-61(65)67-29-35-8-3-2-4-9-35/h2-5,8-10,14,16-17,23-24,26-28,32-33,38-41,47,51-52,56,58-59,71-75,77-81,84H,6-7,11-13,15,18-22,25,29-31H2,1H3,(H,68,69)(H,82,83)(H3,65,66,67)/b24-17+/t33-,38+,39+,40+,41+,47+,51+,52-,56+,58-,59+,62+,63-,64-/m0/s1. The molecule has 0 bridgehead atoms. The van der Waals surface area contributed by atoms with Crippen molar-refractivity contribution in [3.63, 3.8) is 0 Å². The van der Waals surface area contributed by atoms with E-state index in [1.165, 1.54) is 18.2 Å². The van der Waals surface area contributed by atoms with Crippen molar-refractivity contribution in [2.24, 2.45) is 28.5 Å². The first kappa shape index (κ1) is 60.2. The number of fused-ring (bicyclic) bond motifs is 7. The number of anilines is 1. The number of carboxylic acid groups (broad SMARTS) is 1. The number of ether oxygens (including phenoxy) is 2. The fourth-order valence-corrected chi connectivity index (χ4v) is 15.5. The Kier molecular flexibility index (Phi) is 16.8. The van der Waals surface area contributed by atoms with E-state index in [9.17, 15) is 61.3 Å². The minimum absolute atomic E-state index is 0.000574. The number of nitrogens with two attached hydrogens (primary N) is 1. The van der Waals surface area contributed by atoms with Gasteiger partial charge in [-0.15, -0.1) is 0 Å². The zero-order valence-corrected chi connectivity index (χ0v) is 47.6. The number of guanidine groups is 1. The molecule has 3 heterocycles. The average Bonchev–Trinajstić information content (AvgIpc) is 1.47. The van der Waals surface area contributed by atoms with E-state index in [1.54, 1.807) is 30.6 Å². The summed E-state index contributed by atoms with van der Waals surface area (Å²) in [5, 5.41) is 142. The lowest BCUT2D eigenvalue weighted by molar-refractivity contribution is -0.422. The number of imidazole rings is 1. The number of rotatable bonds is 18. The zero-order chi connectivity index (χ0) is 61.0. The summed E-state index contributed by atoms with van der Waals surface area (Å²) in [6, 6.07) is 20.5. The molecule has 4 aliphatic carbocycles. The topological polar surface area (TPSA) is 378 Å². The number of aryl methyl sites for hydroxylation is 1. The first-order chi connectivity index (χ1) is 41.3. The highest BCUT2D eigenvalue weighted by Crippen LogP contribution is 2.72. The van der Waals surface area contributed by atoms with Gasteiger partial charge in [-0.1, -0.05) is 67.4 Å². The van der Waals surface area contributed by atoms with Crippen LogP contribution in [0.1, 0.15) is 134 Å². The van der Waals surface area contributed by atoms with Crippen molar-refractivity contribution in [3.8, 4) is 28.7 Å². The van der Waals surface area contributed by atoms with Gasteiger partial charge in [-0.3, -0.25) is 9.69 Å². The molecule has 11 rings (SSSR count). The number of nitrogens with one attached hydrogen (secondary N) is 2. The summed E-state index contributed by atoms with van der Waals surface area (Å²) in [4.78, 5) is 44.0. The van der Waals surface area contributed by atoms with Crippen LogP contribution in [-0.4, -0.2) is 151 Å². The lowest BCUT2D eigenvalue weighted by Crippen LogP contribution is -2.67. The zero-order valence-electron chi connectivity index (χ0n) is 47.6. The summed E-state index contributed by atoms with van der Waals surface area (Å²) < 4.78 is 11.1. The van der Waals surface area contributed by atoms with Crippen molar-refractivity contribution in [2.45, 2.75) is 149 Å². The Labute approximate surface area is 496 Å². The van der Waals surface area contributed by atoms with E-state index < -0.39 is 108 Å². The highest BCUT2D eigenvalue weighted by molar-refractivity contribution is 6.14. The van der Waals surface area contributed by atoms with Crippen LogP contribution in [0.3, 0.4) is 0 Å². The number of aliphatic carboxylic acids is 1. The third-order valence-corrected chi connectivity index (χ3v) is 19.4. The fraction of sp³-hybridized carbons (Fsp3) is 0.469. The lowest BCUT2D eigenvalue weighted by Gasteiger charge is -2.58. The van der Waals surface area contributed by atoms with E-state index in [-0.39, 0.29) is 65.7 Å². The van der Waals surface area contributed by atoms with Gasteiger partial charge in [-0.05, 0) is 123 Å². The van der Waals surface area contributed by atoms with Crippen LogP contribution in [0.25, 0.3) is 6.08 Å². The number of phenolic OH excluding ortho intramolecular Hbond substituents is 4. The number of aliphatic hydroxyl groups excluding tert-OH is 6. The van der Waals surface area contributed by atoms with Crippen molar-refractivity contribution in [2.75, 3.05) is 24.7 Å². The quantitative estimate of drug-likeness (QED) is 0.0108. The molecule has 0 unspecified atom stereocenters. The van der Waals surface area contributed by atoms with Crippen LogP contribution >= 0.6 is 0 Å². The molecule has 22 heteroatoms. The van der Waals surface area contributed by atoms with Gasteiger partial charge in [0.15, 0.2) is 29.1 Å². The second kappa shape index (κ2) is 24.0. The summed E-state index contributed by atoms with van der Waals surface area (Å²) >= 11 is 0. The summed E-state index contributed by atoms with van der Waals surface area (Å²) in [7, 11) is 0. The Morgan fingerprint density at radius 2 is 1.72 bits per heavy atom. The highest BCUT2D eigenvalue weighted by atomic mass is 16.8. The SMILES string of the molecule is C[C@H]1CC[C@H](c2cc(/C=C/C(=O)N3c4cc(O[C@]5(O)O[C@H](CO)[C@@H](O)[C@H](O)[C@H]5O)c(O)c(O)c4[C@H]4[C@H]([C@@]56c7c(O)cccc7CC[C@H]5CCC[C@@H]6CO)C(CC[C@H](O)CCCNC(N)=NCc5ccccc5)=C[C@]43C(=O)O)ccc2O)c2[nH]cnc21. The van der Waals surface area contributed by atoms with E-state index in [1.807, 2.05) is 36.4 Å². The number of H-pyrrole nitrogens is 1. The van der Waals surface area contributed by atoms with Crippen LogP contribution in [0.4, 0.5) is 5.69 Å². The molecule has 86 heavy (non-hydrogen) atoms. The van der Waals surface area contributed by atoms with Crippen LogP contribution in [0.15, 0.2) is 102 Å². The smallest absolute Gasteiger partial charge is 0.355 e. The number of aromatic hydroxyl groups is 4. The molecule has 458 valence electrons. The van der Waals surface area contributed by atoms with Gasteiger partial charge < -0.3 is 86.8 Å². The Morgan fingerprint density at radius 3 is 2.48 bits per heavy atom. The molecule has 14 atom stereocenters. The molecular formula is C64H76N6O16. The van der Waals surface area contributed by atoms with Gasteiger partial charge in [0, 0.05) is 76.8 Å². The van der Waals surface area contributed by atoms with Crippen LogP contribution in [0.2, 0.25) is 0 Å². The predicted octanol–water partition coefficient (Wildman–Crippen LogP) is 4.60. The van der Waals surface area contributed by atoms with E-state index >= 15 is 9.59 Å². The van der Waals surface area contributed by atoms with Crippen molar-refractivity contribution in [1.29, 1.82) is 0 Å². The number of aliphatic hydroxyl groups is 7. The molecule has 22 nitrogen and oxygen atoms in total. The van der Waals surface area contributed by atoms with Crippen molar-refractivity contribution < 1.29 is 80.3 Å². The van der Waals surface area contributed by atoms with E-state index in [0.29, 0.717) is 80.3 Å². The number of benzene rings is 4. The Balaban J connectivity index is 1.04. The Morgan fingerprint density at radius 1 is 0.930 bits per heavy atom. The fourth-order valence-electron chi connectivity index (χ4n) is 15.5. The van der Waals surface area contributed by atoms with Crippen LogP contribution in [0.5, 0.6) is 28.7 Å². The van der Waals surface area contributed by atoms with Gasteiger partial charge in [-0.25, -0.2) is 14.8 Å². The van der Waals surface area contributed by atoms with Gasteiger partial charge in [0.25, 0.3) is 5.91 Å². The second-order valence-electron chi connectivity index (χ2n) is 24.1. The maximum Gasteiger partial charge on any atom is 0.355 e. The molecule has 1 amide bonds. The van der Waals surface area contributed by atoms with Crippen LogP contribution in [0, 0.1) is 17.8 Å². The number of aromatic nitrogens is 2. The summed E-state index contributed by atoms with van der Waals surface area (Å²) in [5.74, 6) is -12.6. The first-order valence-corrected chi connectivity index (χ1v) is 29.6. The molecule has 2 fully saturated rings. The molecular weight excluding hydrogens is 1110 g/mol. The number of aliphatic imine (C=N–C) groups is 1. The molecule has 1 saturated carbocycles. The van der Waals surface area contributed by atoms with E-state index in [2.05, 4.69) is 27.2 Å². The number of allylic oxidation sites excluding steroid dienone is 1. The van der Waals surface area contributed by atoms with Crippen molar-refractivity contribution >= 4 is 29.6 Å². The summed E-state index contributed by atoms with van der Waals surface area (Å²) in [6.07, 6.45) is 1.37. The molecule has 0 spiro atoms. The number of carbonyl (C=O) groups excluding carboxylic acids is 1. The first-order valence-electron chi connectivity index (χ1n) is 29.6. The highest BCUT2D eigenvalue weighted by Gasteiger charge is 2.72. The monoisotopic (exact) mass is 1180 g/mol. The molecule has 2 aliphatic heterocycles. The number of phenols is 4. The Hall–Kier alpha value is -7.54. The minimum Gasteiger partial charge on any atom is -0.508 e. The van der Waals surface area contributed by atoms with Crippen molar-refractivity contribution in [1.82, 2.24) is 15.3 Å². The predicted molar refractivity (Wildman–Crippen MR) is 313 cm³/mol. The molecule has 5 aromatic rings. The van der Waals surface area contributed by atoms with Crippen LogP contribution in [-0.2, 0) is 32.7 Å². The van der Waals surface area contributed by atoms with Gasteiger partial charge in [0.05, 0.1) is 37.0 Å². The third kappa shape index (κ3) is 10.2. The third-order valence-electron chi connectivity index (χ3n) is 19.4. The van der Waals surface area contributed by atoms with E-state index in [0.717, 1.165) is 46.0 Å². The van der Waals surface area contributed by atoms with E-state index in [4.69, 9.17) is 15.2 Å². The average molecular weight is 1190 g/mol. The second-order valence-corrected chi connectivity index (χ2v) is 24.1. The number of aromatic amines is 1. The maximum atomic E-state index is 15.8.